The third-order valence-electron chi connectivity index (χ3n) is 4.09. The topological polar surface area (TPSA) is 80.0 Å². The first-order valence-corrected chi connectivity index (χ1v) is 8.45. The Morgan fingerprint density at radius 3 is 2.86 bits per heavy atom. The Labute approximate surface area is 129 Å². The van der Waals surface area contributed by atoms with Crippen LogP contribution >= 0.6 is 11.8 Å². The van der Waals surface area contributed by atoms with Crippen molar-refractivity contribution in [3.63, 3.8) is 0 Å². The first-order chi connectivity index (χ1) is 10.1. The molecule has 0 spiro atoms. The number of nitrogens with one attached hydrogen (secondary N) is 1. The zero-order chi connectivity index (χ0) is 15.3. The summed E-state index contributed by atoms with van der Waals surface area (Å²) in [6.45, 7) is 4.83. The Hall–Kier alpha value is -1.08. The monoisotopic (exact) mass is 312 g/mol. The summed E-state index contributed by atoms with van der Waals surface area (Å²) in [5, 5.41) is 21.2. The van der Waals surface area contributed by atoms with Gasteiger partial charge in [-0.3, -0.25) is 4.79 Å². The summed E-state index contributed by atoms with van der Waals surface area (Å²) in [5.41, 5.74) is -0.0989. The molecular weight excluding hydrogens is 288 g/mol. The summed E-state index contributed by atoms with van der Waals surface area (Å²) in [6.07, 6.45) is 5.97. The van der Waals surface area contributed by atoms with Gasteiger partial charge < -0.3 is 15.0 Å². The molecule has 2 rings (SSSR count). The van der Waals surface area contributed by atoms with Crippen LogP contribution in [0.2, 0.25) is 0 Å². The van der Waals surface area contributed by atoms with Gasteiger partial charge in [-0.2, -0.15) is 0 Å². The van der Waals surface area contributed by atoms with Crippen LogP contribution in [0.15, 0.2) is 11.5 Å². The van der Waals surface area contributed by atoms with Crippen LogP contribution in [-0.4, -0.2) is 44.7 Å². The molecule has 0 saturated heterocycles. The lowest BCUT2D eigenvalue weighted by atomic mass is 9.87. The van der Waals surface area contributed by atoms with Crippen molar-refractivity contribution in [1.29, 1.82) is 0 Å². The van der Waals surface area contributed by atoms with Crippen LogP contribution in [0.5, 0.6) is 0 Å². The predicted molar refractivity (Wildman–Crippen MR) is 82.1 cm³/mol. The van der Waals surface area contributed by atoms with Gasteiger partial charge in [0.15, 0.2) is 5.16 Å². The van der Waals surface area contributed by atoms with Gasteiger partial charge in [-0.1, -0.05) is 24.6 Å². The van der Waals surface area contributed by atoms with Crippen LogP contribution in [0.1, 0.15) is 45.6 Å². The van der Waals surface area contributed by atoms with Gasteiger partial charge in [-0.05, 0) is 26.7 Å². The lowest BCUT2D eigenvalue weighted by molar-refractivity contribution is -0.119. The Kier molecular flexibility index (Phi) is 5.64. The van der Waals surface area contributed by atoms with E-state index >= 15 is 0 Å². The van der Waals surface area contributed by atoms with Crippen LogP contribution < -0.4 is 5.32 Å². The smallest absolute Gasteiger partial charge is 0.230 e. The van der Waals surface area contributed by atoms with Gasteiger partial charge in [-0.15, -0.1) is 10.2 Å². The molecule has 1 saturated carbocycles. The number of aromatic nitrogens is 3. The largest absolute Gasteiger partial charge is 0.396 e. The molecule has 1 aromatic rings. The third-order valence-corrected chi connectivity index (χ3v) is 5.05. The molecule has 0 bridgehead atoms. The zero-order valence-electron chi connectivity index (χ0n) is 12.7. The second-order valence-electron chi connectivity index (χ2n) is 6.05. The highest BCUT2D eigenvalue weighted by Crippen LogP contribution is 2.36. The number of aliphatic hydroxyl groups is 1. The van der Waals surface area contributed by atoms with E-state index in [1.54, 1.807) is 6.33 Å². The average Bonchev–Trinajstić information content (AvgIpc) is 3.12. The highest BCUT2D eigenvalue weighted by atomic mass is 32.2. The summed E-state index contributed by atoms with van der Waals surface area (Å²) in [6, 6.07) is 0.279. The number of carbonyl (C=O) groups is 1. The number of carbonyl (C=O) groups excluding carboxylic acids is 1. The van der Waals surface area contributed by atoms with Gasteiger partial charge in [0.1, 0.15) is 6.33 Å². The van der Waals surface area contributed by atoms with Crippen molar-refractivity contribution in [3.8, 4) is 0 Å². The summed E-state index contributed by atoms with van der Waals surface area (Å²) in [5.74, 6) is 0.311. The fraction of sp³-hybridized carbons (Fsp3) is 0.786. The van der Waals surface area contributed by atoms with E-state index in [-0.39, 0.29) is 24.0 Å². The number of rotatable bonds is 7. The molecule has 6 nitrogen and oxygen atoms in total. The molecule has 21 heavy (non-hydrogen) atoms. The summed E-state index contributed by atoms with van der Waals surface area (Å²) in [7, 11) is 0. The Balaban J connectivity index is 1.78. The third kappa shape index (κ3) is 4.20. The first kappa shape index (κ1) is 16.3. The van der Waals surface area contributed by atoms with Crippen molar-refractivity contribution in [2.45, 2.75) is 50.7 Å². The minimum Gasteiger partial charge on any atom is -0.396 e. The van der Waals surface area contributed by atoms with E-state index in [1.165, 1.54) is 11.8 Å². The molecule has 7 heteroatoms. The van der Waals surface area contributed by atoms with E-state index in [4.69, 9.17) is 0 Å². The number of aliphatic hydroxyl groups excluding tert-OH is 1. The molecule has 1 aliphatic carbocycles. The lowest BCUT2D eigenvalue weighted by Crippen LogP contribution is -2.39. The Morgan fingerprint density at radius 1 is 1.52 bits per heavy atom. The van der Waals surface area contributed by atoms with E-state index in [1.807, 2.05) is 4.57 Å². The quantitative estimate of drug-likeness (QED) is 0.748. The number of hydrogen-bond donors (Lipinski definition) is 2. The Bertz CT molecular complexity index is 469. The average molecular weight is 312 g/mol. The van der Waals surface area contributed by atoms with Gasteiger partial charge in [0, 0.05) is 18.0 Å². The molecule has 118 valence electrons. The summed E-state index contributed by atoms with van der Waals surface area (Å²) >= 11 is 1.39. The Morgan fingerprint density at radius 2 is 2.24 bits per heavy atom. The maximum Gasteiger partial charge on any atom is 0.230 e. The van der Waals surface area contributed by atoms with Gasteiger partial charge in [0.25, 0.3) is 0 Å². The summed E-state index contributed by atoms with van der Waals surface area (Å²) in [4.78, 5) is 12.0. The molecule has 0 unspecified atom stereocenters. The van der Waals surface area contributed by atoms with Crippen molar-refractivity contribution in [2.75, 3.05) is 18.9 Å². The number of hydrogen-bond acceptors (Lipinski definition) is 5. The van der Waals surface area contributed by atoms with Gasteiger partial charge in [0.05, 0.1) is 12.4 Å². The van der Waals surface area contributed by atoms with E-state index < -0.39 is 0 Å². The lowest BCUT2D eigenvalue weighted by Gasteiger charge is -2.26. The molecule has 0 aromatic carbocycles. The number of nitrogens with zero attached hydrogens (tertiary/aromatic N) is 3. The van der Waals surface area contributed by atoms with Crippen LogP contribution in [0.25, 0.3) is 0 Å². The SMILES string of the molecule is CC(C)n1cnnc1SCC(=O)NCC1(CO)CCCC1. The standard InChI is InChI=1S/C14H24N4O2S/c1-11(2)18-10-16-17-13(18)21-7-12(20)15-8-14(9-19)5-3-4-6-14/h10-11,19H,3-9H2,1-2H3,(H,15,20). The molecule has 1 aromatic heterocycles. The minimum absolute atomic E-state index is 0.0157. The molecule has 1 amide bonds. The molecule has 0 atom stereocenters. The van der Waals surface area contributed by atoms with Crippen molar-refractivity contribution in [3.05, 3.63) is 6.33 Å². The van der Waals surface area contributed by atoms with E-state index in [2.05, 4.69) is 29.4 Å². The first-order valence-electron chi connectivity index (χ1n) is 7.46. The molecule has 2 N–H and O–H groups in total. The molecule has 1 heterocycles. The second-order valence-corrected chi connectivity index (χ2v) is 6.99. The van der Waals surface area contributed by atoms with Crippen molar-refractivity contribution in [2.24, 2.45) is 5.41 Å². The van der Waals surface area contributed by atoms with Crippen molar-refractivity contribution in [1.82, 2.24) is 20.1 Å². The number of amides is 1. The minimum atomic E-state index is -0.0989. The van der Waals surface area contributed by atoms with Crippen LogP contribution in [0, 0.1) is 5.41 Å². The highest BCUT2D eigenvalue weighted by molar-refractivity contribution is 7.99. The van der Waals surface area contributed by atoms with Crippen molar-refractivity contribution >= 4 is 17.7 Å². The van der Waals surface area contributed by atoms with Gasteiger partial charge in [0.2, 0.25) is 5.91 Å². The van der Waals surface area contributed by atoms with E-state index in [0.717, 1.165) is 30.8 Å². The van der Waals surface area contributed by atoms with Crippen LogP contribution in [0.4, 0.5) is 0 Å². The second kappa shape index (κ2) is 7.26. The zero-order valence-corrected chi connectivity index (χ0v) is 13.5. The fourth-order valence-corrected chi connectivity index (χ4v) is 3.55. The number of thioether (sulfide) groups is 1. The predicted octanol–water partition coefficient (Wildman–Crippen LogP) is 1.62. The molecule has 1 fully saturated rings. The molecular formula is C14H24N4O2S. The maximum atomic E-state index is 12.0. The molecule has 0 radical (unpaired) electrons. The van der Waals surface area contributed by atoms with Crippen LogP contribution in [0.3, 0.4) is 0 Å². The van der Waals surface area contributed by atoms with E-state index in [9.17, 15) is 9.90 Å². The molecule has 0 aliphatic heterocycles. The highest BCUT2D eigenvalue weighted by Gasteiger charge is 2.33. The molecule has 1 aliphatic rings. The summed E-state index contributed by atoms with van der Waals surface area (Å²) < 4.78 is 1.95. The normalized spacial score (nSPS) is 17.3. The maximum absolute atomic E-state index is 12.0. The van der Waals surface area contributed by atoms with Gasteiger partial charge >= 0.3 is 0 Å². The van der Waals surface area contributed by atoms with Crippen LogP contribution in [-0.2, 0) is 4.79 Å². The van der Waals surface area contributed by atoms with Gasteiger partial charge in [-0.25, -0.2) is 0 Å². The van der Waals surface area contributed by atoms with E-state index in [0.29, 0.717) is 12.3 Å². The fourth-order valence-electron chi connectivity index (χ4n) is 2.67. The van der Waals surface area contributed by atoms with Crippen molar-refractivity contribution < 1.29 is 9.90 Å².